The van der Waals surface area contributed by atoms with E-state index in [1.165, 1.54) is 11.3 Å². The van der Waals surface area contributed by atoms with Crippen molar-refractivity contribution in [2.24, 2.45) is 0 Å². The van der Waals surface area contributed by atoms with Gasteiger partial charge >= 0.3 is 5.97 Å². The van der Waals surface area contributed by atoms with Crippen LogP contribution >= 0.6 is 11.3 Å². The second-order valence-electron chi connectivity index (χ2n) is 5.96. The third kappa shape index (κ3) is 3.28. The third-order valence-corrected chi connectivity index (χ3v) is 4.80. The SMILES string of the molecule is CC(C)NC(=O)[C@H](C)OC(=O)c1cc2c(s1)-c1ccccc1OC2. The minimum absolute atomic E-state index is 0.00125. The van der Waals surface area contributed by atoms with E-state index in [-0.39, 0.29) is 11.9 Å². The molecule has 0 aliphatic carbocycles. The van der Waals surface area contributed by atoms with Crippen LogP contribution < -0.4 is 10.1 Å². The van der Waals surface area contributed by atoms with Crippen LogP contribution in [0, 0.1) is 0 Å². The van der Waals surface area contributed by atoms with Crippen LogP contribution in [0.5, 0.6) is 5.75 Å². The predicted molar refractivity (Wildman–Crippen MR) is 92.2 cm³/mol. The molecular weight excluding hydrogens is 326 g/mol. The topological polar surface area (TPSA) is 64.6 Å². The van der Waals surface area contributed by atoms with E-state index in [1.807, 2.05) is 38.1 Å². The van der Waals surface area contributed by atoms with E-state index >= 15 is 0 Å². The number of carbonyl (C=O) groups excluding carboxylic acids is 2. The maximum absolute atomic E-state index is 12.3. The van der Waals surface area contributed by atoms with E-state index < -0.39 is 12.1 Å². The molecule has 2 aromatic rings. The zero-order valence-corrected chi connectivity index (χ0v) is 14.6. The first-order valence-corrected chi connectivity index (χ1v) is 8.63. The standard InChI is InChI=1S/C18H19NO4S/c1-10(2)19-17(20)11(3)23-18(21)15-8-12-9-22-14-7-5-4-6-13(14)16(12)24-15/h4-8,10-11H,9H2,1-3H3,(H,19,20)/t11-/m0/s1. The normalized spacial score (nSPS) is 13.5. The third-order valence-electron chi connectivity index (χ3n) is 3.61. The van der Waals surface area contributed by atoms with E-state index in [4.69, 9.17) is 9.47 Å². The average Bonchev–Trinajstić information content (AvgIpc) is 2.99. The van der Waals surface area contributed by atoms with E-state index in [0.29, 0.717) is 11.5 Å². The fourth-order valence-electron chi connectivity index (χ4n) is 2.47. The van der Waals surface area contributed by atoms with Gasteiger partial charge < -0.3 is 14.8 Å². The molecule has 0 radical (unpaired) electrons. The Kier molecular flexibility index (Phi) is 4.57. The summed E-state index contributed by atoms with van der Waals surface area (Å²) >= 11 is 1.37. The van der Waals surface area contributed by atoms with Gasteiger partial charge in [0.2, 0.25) is 0 Å². The van der Waals surface area contributed by atoms with Crippen molar-refractivity contribution in [1.82, 2.24) is 5.32 Å². The minimum atomic E-state index is -0.831. The summed E-state index contributed by atoms with van der Waals surface area (Å²) < 4.78 is 11.0. The largest absolute Gasteiger partial charge is 0.488 e. The number of esters is 1. The molecule has 0 fully saturated rings. The van der Waals surface area contributed by atoms with Crippen molar-refractivity contribution in [3.05, 3.63) is 40.8 Å². The van der Waals surface area contributed by atoms with Crippen LogP contribution in [-0.4, -0.2) is 24.0 Å². The number of para-hydroxylation sites is 1. The van der Waals surface area contributed by atoms with Gasteiger partial charge in [0, 0.05) is 22.0 Å². The number of nitrogens with one attached hydrogen (secondary N) is 1. The van der Waals surface area contributed by atoms with Crippen LogP contribution in [0.3, 0.4) is 0 Å². The van der Waals surface area contributed by atoms with Gasteiger partial charge in [0.05, 0.1) is 0 Å². The Labute approximate surface area is 144 Å². The van der Waals surface area contributed by atoms with Crippen molar-refractivity contribution in [3.8, 4) is 16.2 Å². The smallest absolute Gasteiger partial charge is 0.349 e. The molecule has 1 atom stereocenters. The van der Waals surface area contributed by atoms with Crippen molar-refractivity contribution < 1.29 is 19.1 Å². The van der Waals surface area contributed by atoms with E-state index in [1.54, 1.807) is 13.0 Å². The molecular formula is C18H19NO4S. The number of fused-ring (bicyclic) bond motifs is 3. The monoisotopic (exact) mass is 345 g/mol. The van der Waals surface area contributed by atoms with Gasteiger partial charge in [-0.3, -0.25) is 4.79 Å². The van der Waals surface area contributed by atoms with Gasteiger partial charge in [-0.25, -0.2) is 4.79 Å². The van der Waals surface area contributed by atoms with Crippen LogP contribution in [0.4, 0.5) is 0 Å². The zero-order valence-electron chi connectivity index (χ0n) is 13.8. The number of carbonyl (C=O) groups is 2. The summed E-state index contributed by atoms with van der Waals surface area (Å²) in [6.45, 7) is 5.72. The minimum Gasteiger partial charge on any atom is -0.488 e. The molecule has 1 N–H and O–H groups in total. The summed E-state index contributed by atoms with van der Waals surface area (Å²) in [6, 6.07) is 9.52. The summed E-state index contributed by atoms with van der Waals surface area (Å²) in [7, 11) is 0. The summed E-state index contributed by atoms with van der Waals surface area (Å²) in [5.74, 6) is 0.0306. The van der Waals surface area contributed by atoms with E-state index in [9.17, 15) is 9.59 Å². The molecule has 0 spiro atoms. The van der Waals surface area contributed by atoms with Crippen molar-refractivity contribution in [1.29, 1.82) is 0 Å². The second kappa shape index (κ2) is 6.65. The molecule has 0 unspecified atom stereocenters. The molecule has 1 aliphatic heterocycles. The van der Waals surface area contributed by atoms with Crippen LogP contribution in [0.1, 0.15) is 36.0 Å². The maximum Gasteiger partial charge on any atom is 0.349 e. The molecule has 0 saturated heterocycles. The zero-order chi connectivity index (χ0) is 17.3. The predicted octanol–water partition coefficient (Wildman–Crippen LogP) is 3.38. The lowest BCUT2D eigenvalue weighted by atomic mass is 10.1. The van der Waals surface area contributed by atoms with Crippen LogP contribution in [0.15, 0.2) is 30.3 Å². The first kappa shape index (κ1) is 16.5. The van der Waals surface area contributed by atoms with Gasteiger partial charge in [-0.1, -0.05) is 12.1 Å². The highest BCUT2D eigenvalue weighted by atomic mass is 32.1. The Bertz CT molecular complexity index is 781. The van der Waals surface area contributed by atoms with Crippen LogP contribution in [-0.2, 0) is 16.1 Å². The summed E-state index contributed by atoms with van der Waals surface area (Å²) in [6.07, 6.45) is -0.831. The Morgan fingerprint density at radius 2 is 2.00 bits per heavy atom. The van der Waals surface area contributed by atoms with Crippen LogP contribution in [0.2, 0.25) is 0 Å². The molecule has 3 rings (SSSR count). The lowest BCUT2D eigenvalue weighted by Crippen LogP contribution is -2.39. The van der Waals surface area contributed by atoms with E-state index in [0.717, 1.165) is 21.8 Å². The lowest BCUT2D eigenvalue weighted by molar-refractivity contribution is -0.129. The molecule has 5 nitrogen and oxygen atoms in total. The molecule has 2 heterocycles. The Balaban J connectivity index is 1.77. The molecule has 1 aromatic heterocycles. The fourth-order valence-corrected chi connectivity index (χ4v) is 3.55. The Hall–Kier alpha value is -2.34. The first-order chi connectivity index (χ1) is 11.5. The molecule has 24 heavy (non-hydrogen) atoms. The molecule has 0 bridgehead atoms. The van der Waals surface area contributed by atoms with Gasteiger partial charge in [0.25, 0.3) is 5.91 Å². The molecule has 126 valence electrons. The molecule has 1 aliphatic rings. The van der Waals surface area contributed by atoms with Gasteiger partial charge in [0.1, 0.15) is 17.2 Å². The molecule has 6 heteroatoms. The van der Waals surface area contributed by atoms with Crippen molar-refractivity contribution in [3.63, 3.8) is 0 Å². The quantitative estimate of drug-likeness (QED) is 0.863. The highest BCUT2D eigenvalue weighted by molar-refractivity contribution is 7.17. The highest BCUT2D eigenvalue weighted by Crippen LogP contribution is 2.42. The number of ether oxygens (including phenoxy) is 2. The maximum atomic E-state index is 12.3. The van der Waals surface area contributed by atoms with Gasteiger partial charge in [-0.2, -0.15) is 0 Å². The van der Waals surface area contributed by atoms with Crippen LogP contribution in [0.25, 0.3) is 10.4 Å². The average molecular weight is 345 g/mol. The lowest BCUT2D eigenvalue weighted by Gasteiger charge is -2.16. The number of rotatable bonds is 4. The van der Waals surface area contributed by atoms with Crippen molar-refractivity contribution >= 4 is 23.2 Å². The summed E-state index contributed by atoms with van der Waals surface area (Å²) in [5.41, 5.74) is 1.94. The van der Waals surface area contributed by atoms with Crippen molar-refractivity contribution in [2.45, 2.75) is 39.5 Å². The summed E-state index contributed by atoms with van der Waals surface area (Å²) in [5, 5.41) is 2.73. The number of thiophene rings is 1. The van der Waals surface area contributed by atoms with Gasteiger partial charge in [-0.05, 0) is 39.0 Å². The molecule has 0 saturated carbocycles. The number of amides is 1. The van der Waals surface area contributed by atoms with Gasteiger partial charge in [-0.15, -0.1) is 11.3 Å². The second-order valence-corrected chi connectivity index (χ2v) is 7.01. The van der Waals surface area contributed by atoms with E-state index in [2.05, 4.69) is 5.32 Å². The molecule has 1 amide bonds. The number of hydrogen-bond donors (Lipinski definition) is 1. The summed E-state index contributed by atoms with van der Waals surface area (Å²) in [4.78, 5) is 25.7. The molecule has 1 aromatic carbocycles. The van der Waals surface area contributed by atoms with Crippen molar-refractivity contribution in [2.75, 3.05) is 0 Å². The fraction of sp³-hybridized carbons (Fsp3) is 0.333. The number of hydrogen-bond acceptors (Lipinski definition) is 5. The van der Waals surface area contributed by atoms with Gasteiger partial charge in [0.15, 0.2) is 6.10 Å². The number of benzene rings is 1. The first-order valence-electron chi connectivity index (χ1n) is 7.82. The Morgan fingerprint density at radius 1 is 1.25 bits per heavy atom. The Morgan fingerprint density at radius 3 is 2.75 bits per heavy atom. The highest BCUT2D eigenvalue weighted by Gasteiger charge is 2.25.